The van der Waals surface area contributed by atoms with Gasteiger partial charge in [-0.1, -0.05) is 5.16 Å². The van der Waals surface area contributed by atoms with Crippen molar-refractivity contribution in [3.8, 4) is 0 Å². The summed E-state index contributed by atoms with van der Waals surface area (Å²) in [5.41, 5.74) is -0.0486. The number of carbonyl (C=O) groups excluding carboxylic acids is 1. The molecule has 0 aromatic heterocycles. The second-order valence-electron chi connectivity index (χ2n) is 1.18. The summed E-state index contributed by atoms with van der Waals surface area (Å²) in [6.07, 6.45) is 0. The van der Waals surface area contributed by atoms with Gasteiger partial charge in [-0.3, -0.25) is 0 Å². The first-order valence-electron chi connectivity index (χ1n) is 1.99. The maximum atomic E-state index is 10.2. The van der Waals surface area contributed by atoms with Crippen LogP contribution in [0, 0.1) is 0 Å². The molecular formula is C4H7NO3. The van der Waals surface area contributed by atoms with Gasteiger partial charge in [0.15, 0.2) is 5.71 Å². The average molecular weight is 117 g/mol. The lowest BCUT2D eigenvalue weighted by Crippen LogP contribution is -2.11. The quantitative estimate of drug-likeness (QED) is 0.228. The van der Waals surface area contributed by atoms with E-state index in [9.17, 15) is 4.79 Å². The molecule has 0 amide bonds. The van der Waals surface area contributed by atoms with Gasteiger partial charge in [0.25, 0.3) is 0 Å². The van der Waals surface area contributed by atoms with E-state index < -0.39 is 5.97 Å². The van der Waals surface area contributed by atoms with Crippen LogP contribution in [-0.4, -0.2) is 24.0 Å². The van der Waals surface area contributed by atoms with Gasteiger partial charge in [0.1, 0.15) is 0 Å². The Morgan fingerprint density at radius 2 is 2.25 bits per heavy atom. The Balaban J connectivity index is 3.83. The van der Waals surface area contributed by atoms with Crippen molar-refractivity contribution in [2.24, 2.45) is 5.16 Å². The Kier molecular flexibility index (Phi) is 2.61. The fourth-order valence-electron chi connectivity index (χ4n) is 0.189. The van der Waals surface area contributed by atoms with E-state index in [1.807, 2.05) is 0 Å². The Morgan fingerprint density at radius 1 is 1.75 bits per heavy atom. The molecule has 0 aliphatic rings. The highest BCUT2D eigenvalue weighted by Gasteiger charge is 2.02. The molecule has 0 atom stereocenters. The second kappa shape index (κ2) is 3.01. The van der Waals surface area contributed by atoms with Gasteiger partial charge in [-0.2, -0.15) is 0 Å². The summed E-state index contributed by atoms with van der Waals surface area (Å²) >= 11 is 0. The van der Waals surface area contributed by atoms with Crippen LogP contribution >= 0.6 is 0 Å². The van der Waals surface area contributed by atoms with Crippen molar-refractivity contribution in [1.29, 1.82) is 0 Å². The molecule has 8 heavy (non-hydrogen) atoms. The van der Waals surface area contributed by atoms with Gasteiger partial charge in [-0.15, -0.1) is 0 Å². The average Bonchev–Trinajstić information content (AvgIpc) is 1.84. The zero-order valence-electron chi connectivity index (χ0n) is 4.71. The fourth-order valence-corrected chi connectivity index (χ4v) is 0.189. The van der Waals surface area contributed by atoms with Crippen LogP contribution in [0.4, 0.5) is 0 Å². The zero-order chi connectivity index (χ0) is 6.57. The molecule has 0 heterocycles. The monoisotopic (exact) mass is 117 g/mol. The van der Waals surface area contributed by atoms with Crippen LogP contribution in [0.25, 0.3) is 0 Å². The van der Waals surface area contributed by atoms with E-state index in [-0.39, 0.29) is 5.71 Å². The Labute approximate surface area is 46.8 Å². The molecule has 0 saturated heterocycles. The van der Waals surface area contributed by atoms with E-state index in [0.717, 1.165) is 0 Å². The summed E-state index contributed by atoms with van der Waals surface area (Å²) in [6.45, 7) is 1.35. The first kappa shape index (κ1) is 6.94. The molecule has 0 aromatic rings. The van der Waals surface area contributed by atoms with Crippen molar-refractivity contribution in [2.45, 2.75) is 6.92 Å². The topological polar surface area (TPSA) is 58.9 Å². The van der Waals surface area contributed by atoms with Gasteiger partial charge in [0, 0.05) is 0 Å². The van der Waals surface area contributed by atoms with E-state index in [1.54, 1.807) is 0 Å². The van der Waals surface area contributed by atoms with Crippen LogP contribution in [0.3, 0.4) is 0 Å². The van der Waals surface area contributed by atoms with Crippen molar-refractivity contribution < 1.29 is 14.7 Å². The van der Waals surface area contributed by atoms with Crippen LogP contribution in [0.5, 0.6) is 0 Å². The van der Waals surface area contributed by atoms with Gasteiger partial charge in [0.2, 0.25) is 0 Å². The SMILES string of the molecule is COC(=O)/C(C)=N/O. The Morgan fingerprint density at radius 3 is 2.38 bits per heavy atom. The minimum atomic E-state index is -0.618. The smallest absolute Gasteiger partial charge is 0.355 e. The third kappa shape index (κ3) is 1.59. The Bertz CT molecular complexity index is 118. The lowest BCUT2D eigenvalue weighted by molar-refractivity contribution is -0.132. The fraction of sp³-hybridized carbons (Fsp3) is 0.500. The van der Waals surface area contributed by atoms with Crippen LogP contribution < -0.4 is 0 Å². The molecule has 0 spiro atoms. The van der Waals surface area contributed by atoms with E-state index in [1.165, 1.54) is 14.0 Å². The van der Waals surface area contributed by atoms with Crippen LogP contribution in [0.2, 0.25) is 0 Å². The summed E-state index contributed by atoms with van der Waals surface area (Å²) in [5, 5.41) is 10.5. The highest BCUT2D eigenvalue weighted by Crippen LogP contribution is 1.77. The van der Waals surface area contributed by atoms with E-state index >= 15 is 0 Å². The molecule has 0 radical (unpaired) electrons. The largest absolute Gasteiger partial charge is 0.464 e. The minimum absolute atomic E-state index is 0.0486. The molecule has 0 bridgehead atoms. The summed E-state index contributed by atoms with van der Waals surface area (Å²) in [5.74, 6) is -0.618. The van der Waals surface area contributed by atoms with Crippen molar-refractivity contribution in [3.63, 3.8) is 0 Å². The lowest BCUT2D eigenvalue weighted by Gasteiger charge is -1.91. The molecule has 0 fully saturated rings. The number of hydrogen-bond donors (Lipinski definition) is 1. The van der Waals surface area contributed by atoms with Gasteiger partial charge in [0.05, 0.1) is 7.11 Å². The predicted molar refractivity (Wildman–Crippen MR) is 26.9 cm³/mol. The normalized spacial score (nSPS) is 11.0. The van der Waals surface area contributed by atoms with Crippen molar-refractivity contribution in [1.82, 2.24) is 0 Å². The maximum Gasteiger partial charge on any atom is 0.355 e. The Hall–Kier alpha value is -1.06. The van der Waals surface area contributed by atoms with E-state index in [0.29, 0.717) is 0 Å². The molecule has 46 valence electrons. The van der Waals surface area contributed by atoms with Crippen molar-refractivity contribution in [2.75, 3.05) is 7.11 Å². The minimum Gasteiger partial charge on any atom is -0.464 e. The molecule has 4 heteroatoms. The molecule has 0 saturated carbocycles. The van der Waals surface area contributed by atoms with Crippen molar-refractivity contribution >= 4 is 11.7 Å². The summed E-state index contributed by atoms with van der Waals surface area (Å²) < 4.78 is 4.17. The highest BCUT2D eigenvalue weighted by atomic mass is 16.5. The van der Waals surface area contributed by atoms with Gasteiger partial charge in [-0.05, 0) is 6.92 Å². The number of ether oxygens (including phenoxy) is 1. The molecule has 0 unspecified atom stereocenters. The molecule has 0 rings (SSSR count). The molecule has 0 aliphatic heterocycles. The molecule has 0 aliphatic carbocycles. The second-order valence-corrected chi connectivity index (χ2v) is 1.18. The van der Waals surface area contributed by atoms with Crippen LogP contribution in [0.15, 0.2) is 5.16 Å². The molecular weight excluding hydrogens is 110 g/mol. The third-order valence-electron chi connectivity index (χ3n) is 0.631. The van der Waals surface area contributed by atoms with E-state index in [4.69, 9.17) is 5.21 Å². The van der Waals surface area contributed by atoms with Gasteiger partial charge < -0.3 is 9.94 Å². The molecule has 0 aromatic carbocycles. The zero-order valence-corrected chi connectivity index (χ0v) is 4.71. The summed E-state index contributed by atoms with van der Waals surface area (Å²) in [7, 11) is 1.22. The van der Waals surface area contributed by atoms with E-state index in [2.05, 4.69) is 9.89 Å². The number of nitrogens with zero attached hydrogens (tertiary/aromatic N) is 1. The number of carbonyl (C=O) groups is 1. The van der Waals surface area contributed by atoms with Crippen LogP contribution in [0.1, 0.15) is 6.92 Å². The first-order chi connectivity index (χ1) is 3.72. The standard InChI is InChI=1S/C4H7NO3/c1-3(5-7)4(6)8-2/h7H,1-2H3/b5-3+. The number of oxime groups is 1. The number of methoxy groups -OCH3 is 1. The third-order valence-corrected chi connectivity index (χ3v) is 0.631. The summed E-state index contributed by atoms with van der Waals surface area (Å²) in [4.78, 5) is 10.2. The van der Waals surface area contributed by atoms with Gasteiger partial charge >= 0.3 is 5.97 Å². The number of esters is 1. The molecule has 4 nitrogen and oxygen atoms in total. The van der Waals surface area contributed by atoms with Crippen LogP contribution in [-0.2, 0) is 9.53 Å². The maximum absolute atomic E-state index is 10.2. The number of rotatable bonds is 1. The molecule has 1 N–H and O–H groups in total. The van der Waals surface area contributed by atoms with Crippen molar-refractivity contribution in [3.05, 3.63) is 0 Å². The summed E-state index contributed by atoms with van der Waals surface area (Å²) in [6, 6.07) is 0. The first-order valence-corrected chi connectivity index (χ1v) is 1.99. The van der Waals surface area contributed by atoms with Gasteiger partial charge in [-0.25, -0.2) is 4.79 Å². The number of hydrogen-bond acceptors (Lipinski definition) is 4. The highest BCUT2D eigenvalue weighted by molar-refractivity contribution is 6.35. The lowest BCUT2D eigenvalue weighted by atomic mass is 10.4. The predicted octanol–water partition coefficient (Wildman–Crippen LogP) is 0.00950.